The number of halogens is 1. The molecule has 0 bridgehead atoms. The molecule has 114 valence electrons. The van der Waals surface area contributed by atoms with Crippen LogP contribution in [-0.2, 0) is 19.0 Å². The van der Waals surface area contributed by atoms with Crippen molar-refractivity contribution in [3.63, 3.8) is 0 Å². The Kier molecular flexibility index (Phi) is 8.85. The average molecular weight is 321 g/mol. The predicted octanol–water partition coefficient (Wildman–Crippen LogP) is 3.21. The minimum atomic E-state index is -3.66. The first-order valence-electron chi connectivity index (χ1n) is 6.75. The topological polar surface area (TPSA) is 52.6 Å². The number of alkyl halides is 1. The van der Waals surface area contributed by atoms with Gasteiger partial charge in [0.2, 0.25) is 0 Å². The van der Waals surface area contributed by atoms with E-state index in [1.165, 1.54) is 12.1 Å². The van der Waals surface area contributed by atoms with E-state index < -0.39 is 10.1 Å². The second kappa shape index (κ2) is 10.2. The third-order valence-corrected chi connectivity index (χ3v) is 4.26. The Hall–Kier alpha value is -0.620. The van der Waals surface area contributed by atoms with Crippen LogP contribution in [0.1, 0.15) is 25.7 Å². The monoisotopic (exact) mass is 320 g/mol. The third kappa shape index (κ3) is 7.24. The van der Waals surface area contributed by atoms with Crippen molar-refractivity contribution in [2.75, 3.05) is 25.7 Å². The summed E-state index contributed by atoms with van der Waals surface area (Å²) in [6.45, 7) is 0.942. The summed E-state index contributed by atoms with van der Waals surface area (Å²) in [6.07, 6.45) is 4.17. The maximum Gasteiger partial charge on any atom is 0.297 e. The molecule has 0 N–H and O–H groups in total. The Balaban J connectivity index is 2.09. The van der Waals surface area contributed by atoms with Crippen LogP contribution in [-0.4, -0.2) is 34.1 Å². The molecule has 0 aliphatic rings. The van der Waals surface area contributed by atoms with E-state index in [4.69, 9.17) is 20.5 Å². The highest BCUT2D eigenvalue weighted by molar-refractivity contribution is 7.86. The molecule has 0 saturated carbocycles. The molecular formula is C14H21ClO4S. The normalized spacial score (nSPS) is 11.7. The quantitative estimate of drug-likeness (QED) is 0.357. The molecule has 0 radical (unpaired) electrons. The summed E-state index contributed by atoms with van der Waals surface area (Å²) in [5.41, 5.74) is 0. The van der Waals surface area contributed by atoms with E-state index in [1.54, 1.807) is 18.2 Å². The van der Waals surface area contributed by atoms with Crippen LogP contribution in [0, 0.1) is 0 Å². The van der Waals surface area contributed by atoms with Gasteiger partial charge >= 0.3 is 0 Å². The van der Waals surface area contributed by atoms with E-state index in [0.717, 1.165) is 25.7 Å². The zero-order valence-electron chi connectivity index (χ0n) is 11.5. The number of unbranched alkanes of at least 4 members (excludes halogenated alkanes) is 3. The Labute approximate surface area is 126 Å². The first-order valence-corrected chi connectivity index (χ1v) is 8.69. The Morgan fingerprint density at radius 3 is 2.30 bits per heavy atom. The lowest BCUT2D eigenvalue weighted by atomic mass is 10.2. The largest absolute Gasteiger partial charge is 0.379 e. The van der Waals surface area contributed by atoms with E-state index in [-0.39, 0.29) is 18.1 Å². The molecule has 0 aliphatic carbocycles. The molecule has 6 heteroatoms. The van der Waals surface area contributed by atoms with E-state index in [0.29, 0.717) is 12.5 Å². The van der Waals surface area contributed by atoms with Crippen molar-refractivity contribution in [2.45, 2.75) is 30.6 Å². The zero-order chi connectivity index (χ0) is 14.7. The lowest BCUT2D eigenvalue weighted by molar-refractivity contribution is 0.0990. The molecule has 0 saturated heterocycles. The Morgan fingerprint density at radius 2 is 1.60 bits per heavy atom. The van der Waals surface area contributed by atoms with E-state index in [2.05, 4.69) is 0 Å². The summed E-state index contributed by atoms with van der Waals surface area (Å²) >= 11 is 5.57. The Morgan fingerprint density at radius 1 is 0.900 bits per heavy atom. The van der Waals surface area contributed by atoms with Crippen LogP contribution < -0.4 is 0 Å². The van der Waals surface area contributed by atoms with Crippen molar-refractivity contribution in [1.29, 1.82) is 0 Å². The van der Waals surface area contributed by atoms with Crippen LogP contribution in [0.3, 0.4) is 0 Å². The van der Waals surface area contributed by atoms with Gasteiger partial charge in [-0.15, -0.1) is 11.6 Å². The fraction of sp³-hybridized carbons (Fsp3) is 0.571. The van der Waals surface area contributed by atoms with Gasteiger partial charge < -0.3 is 4.74 Å². The van der Waals surface area contributed by atoms with Gasteiger partial charge in [-0.3, -0.25) is 4.18 Å². The summed E-state index contributed by atoms with van der Waals surface area (Å²) < 4.78 is 33.7. The van der Waals surface area contributed by atoms with Gasteiger partial charge in [0.25, 0.3) is 10.1 Å². The SMILES string of the molecule is O=S(=O)(OCCOCCCCCCCl)c1ccccc1. The lowest BCUT2D eigenvalue weighted by Gasteiger charge is -2.06. The van der Waals surface area contributed by atoms with Crippen LogP contribution in [0.4, 0.5) is 0 Å². The van der Waals surface area contributed by atoms with Crippen molar-refractivity contribution < 1.29 is 17.3 Å². The van der Waals surface area contributed by atoms with Crippen LogP contribution >= 0.6 is 11.6 Å². The number of rotatable bonds is 11. The molecule has 1 aromatic rings. The summed E-state index contributed by atoms with van der Waals surface area (Å²) in [6, 6.07) is 8.09. The number of benzene rings is 1. The molecule has 0 unspecified atom stereocenters. The minimum absolute atomic E-state index is 0.0406. The maximum absolute atomic E-state index is 11.7. The smallest absolute Gasteiger partial charge is 0.297 e. The third-order valence-electron chi connectivity index (χ3n) is 2.67. The van der Waals surface area contributed by atoms with Gasteiger partial charge in [-0.2, -0.15) is 8.42 Å². The van der Waals surface area contributed by atoms with Crippen molar-refractivity contribution in [3.8, 4) is 0 Å². The first kappa shape index (κ1) is 17.4. The van der Waals surface area contributed by atoms with Gasteiger partial charge in [-0.25, -0.2) is 0 Å². The highest BCUT2D eigenvalue weighted by atomic mass is 35.5. The number of hydrogen-bond donors (Lipinski definition) is 0. The molecule has 0 atom stereocenters. The standard InChI is InChI=1S/C14H21ClO4S/c15-10-6-1-2-7-11-18-12-13-19-20(16,17)14-8-4-3-5-9-14/h3-5,8-9H,1-2,6-7,10-13H2. The van der Waals surface area contributed by atoms with Crippen LogP contribution in [0.25, 0.3) is 0 Å². The fourth-order valence-corrected chi connectivity index (χ4v) is 2.72. The summed E-state index contributed by atoms with van der Waals surface area (Å²) in [4.78, 5) is 0.168. The fourth-order valence-electron chi connectivity index (χ4n) is 1.61. The molecule has 1 aromatic carbocycles. The second-order valence-electron chi connectivity index (χ2n) is 4.30. The van der Waals surface area contributed by atoms with Gasteiger partial charge in [-0.05, 0) is 25.0 Å². The van der Waals surface area contributed by atoms with E-state index in [9.17, 15) is 8.42 Å². The van der Waals surface area contributed by atoms with Gasteiger partial charge in [0, 0.05) is 12.5 Å². The summed E-state index contributed by atoms with van der Waals surface area (Å²) in [5.74, 6) is 0.700. The molecule has 0 fully saturated rings. The summed E-state index contributed by atoms with van der Waals surface area (Å²) in [7, 11) is -3.66. The minimum Gasteiger partial charge on any atom is -0.379 e. The van der Waals surface area contributed by atoms with Crippen LogP contribution in [0.2, 0.25) is 0 Å². The lowest BCUT2D eigenvalue weighted by Crippen LogP contribution is -2.12. The molecule has 0 spiro atoms. The van der Waals surface area contributed by atoms with Crippen molar-refractivity contribution in [3.05, 3.63) is 30.3 Å². The molecule has 0 amide bonds. The molecular weight excluding hydrogens is 300 g/mol. The molecule has 4 nitrogen and oxygen atoms in total. The molecule has 0 heterocycles. The van der Waals surface area contributed by atoms with Crippen molar-refractivity contribution >= 4 is 21.7 Å². The molecule has 1 rings (SSSR count). The first-order chi connectivity index (χ1) is 9.67. The maximum atomic E-state index is 11.7. The van der Waals surface area contributed by atoms with E-state index >= 15 is 0 Å². The van der Waals surface area contributed by atoms with Gasteiger partial charge in [0.15, 0.2) is 0 Å². The summed E-state index contributed by atoms with van der Waals surface area (Å²) in [5, 5.41) is 0. The van der Waals surface area contributed by atoms with Crippen molar-refractivity contribution in [2.24, 2.45) is 0 Å². The highest BCUT2D eigenvalue weighted by Crippen LogP contribution is 2.10. The number of hydrogen-bond acceptors (Lipinski definition) is 4. The van der Waals surface area contributed by atoms with E-state index in [1.807, 2.05) is 0 Å². The van der Waals surface area contributed by atoms with Crippen LogP contribution in [0.15, 0.2) is 35.2 Å². The molecule has 20 heavy (non-hydrogen) atoms. The second-order valence-corrected chi connectivity index (χ2v) is 6.30. The average Bonchev–Trinajstić information content (AvgIpc) is 2.46. The number of ether oxygens (including phenoxy) is 1. The van der Waals surface area contributed by atoms with Crippen molar-refractivity contribution in [1.82, 2.24) is 0 Å². The Bertz CT molecular complexity index is 448. The zero-order valence-corrected chi connectivity index (χ0v) is 13.0. The predicted molar refractivity (Wildman–Crippen MR) is 79.6 cm³/mol. The van der Waals surface area contributed by atoms with Gasteiger partial charge in [0.05, 0.1) is 18.1 Å². The molecule has 0 aliphatic heterocycles. The van der Waals surface area contributed by atoms with Crippen LogP contribution in [0.5, 0.6) is 0 Å². The highest BCUT2D eigenvalue weighted by Gasteiger charge is 2.13. The van der Waals surface area contributed by atoms with Gasteiger partial charge in [0.1, 0.15) is 0 Å². The van der Waals surface area contributed by atoms with Gasteiger partial charge in [-0.1, -0.05) is 31.0 Å². The molecule has 0 aromatic heterocycles.